The first-order chi connectivity index (χ1) is 15.5. The summed E-state index contributed by atoms with van der Waals surface area (Å²) < 4.78 is 0. The average molecular weight is 432 g/mol. The van der Waals surface area contributed by atoms with Gasteiger partial charge in [0.25, 0.3) is 0 Å². The lowest BCUT2D eigenvalue weighted by Gasteiger charge is -2.41. The molecule has 0 aliphatic carbocycles. The second kappa shape index (κ2) is 9.24. The van der Waals surface area contributed by atoms with Crippen molar-refractivity contribution in [3.8, 4) is 6.19 Å². The number of H-pyrrole nitrogens is 1. The van der Waals surface area contributed by atoms with Crippen LogP contribution in [0.3, 0.4) is 0 Å². The van der Waals surface area contributed by atoms with Crippen molar-refractivity contribution in [2.75, 3.05) is 43.9 Å². The van der Waals surface area contributed by atoms with Crippen molar-refractivity contribution in [3.63, 3.8) is 0 Å². The number of piperazine rings is 1. The Morgan fingerprint density at radius 1 is 1.34 bits per heavy atom. The minimum Gasteiger partial charge on any atom is -0.352 e. The molecule has 0 unspecified atom stereocenters. The lowest BCUT2D eigenvalue weighted by molar-refractivity contribution is 0.297. The summed E-state index contributed by atoms with van der Waals surface area (Å²) in [6.07, 6.45) is 5.53. The van der Waals surface area contributed by atoms with Crippen molar-refractivity contribution in [2.24, 2.45) is 4.99 Å². The van der Waals surface area contributed by atoms with E-state index in [-0.39, 0.29) is 6.04 Å². The number of hydrogen-bond donors (Lipinski definition) is 2. The van der Waals surface area contributed by atoms with Crippen LogP contribution in [0.2, 0.25) is 0 Å². The van der Waals surface area contributed by atoms with Crippen molar-refractivity contribution >= 4 is 28.5 Å². The molecule has 2 N–H and O–H groups in total. The summed E-state index contributed by atoms with van der Waals surface area (Å²) in [4.78, 5) is 22.8. The van der Waals surface area contributed by atoms with Crippen molar-refractivity contribution in [3.05, 3.63) is 47.9 Å². The van der Waals surface area contributed by atoms with E-state index in [9.17, 15) is 5.26 Å². The molecule has 9 heteroatoms. The van der Waals surface area contributed by atoms with Gasteiger partial charge in [-0.15, -0.1) is 4.99 Å². The summed E-state index contributed by atoms with van der Waals surface area (Å²) in [5.74, 6) is 1.52. The number of nitrogens with one attached hydrogen (secondary N) is 2. The number of guanidine groups is 1. The molecular weight excluding hydrogens is 402 g/mol. The number of anilines is 2. The summed E-state index contributed by atoms with van der Waals surface area (Å²) in [7, 11) is 4.09. The molecule has 1 atom stereocenters. The van der Waals surface area contributed by atoms with Crippen LogP contribution in [0.25, 0.3) is 11.0 Å². The molecule has 0 spiro atoms. The molecule has 1 saturated heterocycles. The van der Waals surface area contributed by atoms with Gasteiger partial charge in [-0.1, -0.05) is 12.1 Å². The van der Waals surface area contributed by atoms with Gasteiger partial charge in [0.05, 0.1) is 5.39 Å². The van der Waals surface area contributed by atoms with Gasteiger partial charge in [0.15, 0.2) is 0 Å². The average Bonchev–Trinajstić information content (AvgIpc) is 3.14. The highest BCUT2D eigenvalue weighted by molar-refractivity contribution is 5.95. The van der Waals surface area contributed by atoms with E-state index in [1.54, 1.807) is 6.33 Å². The molecule has 0 radical (unpaired) electrons. The molecule has 3 aromatic rings. The van der Waals surface area contributed by atoms with Crippen LogP contribution in [-0.2, 0) is 6.54 Å². The summed E-state index contributed by atoms with van der Waals surface area (Å²) >= 11 is 0. The smallest absolute Gasteiger partial charge is 0.214 e. The van der Waals surface area contributed by atoms with Gasteiger partial charge in [0.1, 0.15) is 17.8 Å². The number of aryl methyl sites for hydroxylation is 1. The maximum atomic E-state index is 9.32. The summed E-state index contributed by atoms with van der Waals surface area (Å²) in [5, 5.41) is 13.8. The molecule has 3 heterocycles. The van der Waals surface area contributed by atoms with Crippen LogP contribution in [0.4, 0.5) is 11.5 Å². The molecule has 2 aromatic heterocycles. The fourth-order valence-corrected chi connectivity index (χ4v) is 4.26. The maximum Gasteiger partial charge on any atom is 0.214 e. The van der Waals surface area contributed by atoms with E-state index in [2.05, 4.69) is 65.9 Å². The number of nitriles is 1. The van der Waals surface area contributed by atoms with Gasteiger partial charge in [-0.05, 0) is 51.2 Å². The van der Waals surface area contributed by atoms with Crippen LogP contribution in [0.1, 0.15) is 18.1 Å². The second-order valence-corrected chi connectivity index (χ2v) is 8.48. The number of fused-ring (bicyclic) bond motifs is 1. The van der Waals surface area contributed by atoms with Gasteiger partial charge in [-0.3, -0.25) is 0 Å². The van der Waals surface area contributed by atoms with Crippen LogP contribution in [0, 0.1) is 18.4 Å². The topological polar surface area (TPSA) is 99.5 Å². The van der Waals surface area contributed by atoms with E-state index in [4.69, 9.17) is 0 Å². The Balaban J connectivity index is 1.52. The Hall–Kier alpha value is -3.64. The van der Waals surface area contributed by atoms with Crippen LogP contribution in [0.5, 0.6) is 0 Å². The van der Waals surface area contributed by atoms with Gasteiger partial charge in [0.2, 0.25) is 12.2 Å². The van der Waals surface area contributed by atoms with Gasteiger partial charge in [-0.2, -0.15) is 5.26 Å². The number of rotatable bonds is 4. The predicted octanol–water partition coefficient (Wildman–Crippen LogP) is 2.79. The fourth-order valence-electron chi connectivity index (χ4n) is 4.26. The third-order valence-electron chi connectivity index (χ3n) is 5.68. The van der Waals surface area contributed by atoms with E-state index >= 15 is 0 Å². The minimum atomic E-state index is 0.137. The van der Waals surface area contributed by atoms with Crippen LogP contribution < -0.4 is 10.2 Å². The Kier molecular flexibility index (Phi) is 6.23. The number of benzene rings is 1. The SMILES string of the molecule is Cc1c[nH]c2ncnc(N3CCN(/C(=N/C#N)Nc4cccc(CN(C)C)c4)[C@@H](C)C3)c12. The molecule has 1 fully saturated rings. The molecule has 0 amide bonds. The van der Waals surface area contributed by atoms with Crippen LogP contribution in [-0.4, -0.2) is 70.5 Å². The van der Waals surface area contributed by atoms with Crippen molar-refractivity contribution in [1.29, 1.82) is 5.26 Å². The molecular formula is C23H29N9. The quantitative estimate of drug-likeness (QED) is 0.372. The zero-order valence-electron chi connectivity index (χ0n) is 19.0. The summed E-state index contributed by atoms with van der Waals surface area (Å²) in [6, 6.07) is 8.35. The molecule has 4 rings (SSSR count). The number of aliphatic imine (C=N–C) groups is 1. The minimum absolute atomic E-state index is 0.137. The first-order valence-electron chi connectivity index (χ1n) is 10.7. The fraction of sp³-hybridized carbons (Fsp3) is 0.391. The number of aromatic amines is 1. The standard InChI is InChI=1S/C23H29N9/c1-16-11-25-21-20(16)22(28-15-27-21)31-8-9-32(17(2)12-31)23(26-14-24)29-19-7-5-6-18(10-19)13-30(3)4/h5-7,10-11,15,17H,8-9,12-13H2,1-4H3,(H,26,29)(H,25,27,28)/t17-/m0/s1. The molecule has 0 saturated carbocycles. The third-order valence-corrected chi connectivity index (χ3v) is 5.68. The molecule has 1 aliphatic heterocycles. The number of aromatic nitrogens is 3. The van der Waals surface area contributed by atoms with E-state index in [1.165, 1.54) is 5.56 Å². The maximum absolute atomic E-state index is 9.32. The molecule has 1 aliphatic rings. The number of hydrogen-bond acceptors (Lipinski definition) is 6. The molecule has 32 heavy (non-hydrogen) atoms. The molecule has 1 aromatic carbocycles. The predicted molar refractivity (Wildman–Crippen MR) is 128 cm³/mol. The summed E-state index contributed by atoms with van der Waals surface area (Å²) in [6.45, 7) is 7.32. The van der Waals surface area contributed by atoms with Gasteiger partial charge in [0, 0.05) is 44.1 Å². The Morgan fingerprint density at radius 2 is 2.19 bits per heavy atom. The Bertz CT molecular complexity index is 1160. The Labute approximate surface area is 188 Å². The highest BCUT2D eigenvalue weighted by atomic mass is 15.4. The van der Waals surface area contributed by atoms with Crippen molar-refractivity contribution in [1.82, 2.24) is 24.8 Å². The monoisotopic (exact) mass is 431 g/mol. The second-order valence-electron chi connectivity index (χ2n) is 8.48. The van der Waals surface area contributed by atoms with Gasteiger partial charge >= 0.3 is 0 Å². The first-order valence-corrected chi connectivity index (χ1v) is 10.7. The zero-order valence-corrected chi connectivity index (χ0v) is 19.0. The lowest BCUT2D eigenvalue weighted by Crippen LogP contribution is -2.56. The number of nitrogens with zero attached hydrogens (tertiary/aromatic N) is 7. The van der Waals surface area contributed by atoms with Crippen molar-refractivity contribution < 1.29 is 0 Å². The molecule has 166 valence electrons. The molecule has 0 bridgehead atoms. The lowest BCUT2D eigenvalue weighted by atomic mass is 10.1. The van der Waals surface area contributed by atoms with Gasteiger partial charge < -0.3 is 25.0 Å². The van der Waals surface area contributed by atoms with E-state index < -0.39 is 0 Å². The highest BCUT2D eigenvalue weighted by Crippen LogP contribution is 2.27. The van der Waals surface area contributed by atoms with E-state index in [0.29, 0.717) is 5.96 Å². The van der Waals surface area contributed by atoms with E-state index in [1.807, 2.05) is 38.6 Å². The summed E-state index contributed by atoms with van der Waals surface area (Å²) in [5.41, 5.74) is 4.11. The van der Waals surface area contributed by atoms with Crippen molar-refractivity contribution in [2.45, 2.75) is 26.4 Å². The normalized spacial score (nSPS) is 17.1. The third kappa shape index (κ3) is 4.50. The Morgan fingerprint density at radius 3 is 2.94 bits per heavy atom. The largest absolute Gasteiger partial charge is 0.352 e. The van der Waals surface area contributed by atoms with Gasteiger partial charge in [-0.25, -0.2) is 9.97 Å². The van der Waals surface area contributed by atoms with Crippen LogP contribution >= 0.6 is 0 Å². The van der Waals surface area contributed by atoms with Crippen LogP contribution in [0.15, 0.2) is 41.8 Å². The molecule has 9 nitrogen and oxygen atoms in total. The highest BCUT2D eigenvalue weighted by Gasteiger charge is 2.28. The van der Waals surface area contributed by atoms with E-state index in [0.717, 1.165) is 54.3 Å². The zero-order chi connectivity index (χ0) is 22.7. The first kappa shape index (κ1) is 21.6.